The number of halogens is 3. The molecule has 0 aliphatic carbocycles. The molecule has 0 radical (unpaired) electrons. The summed E-state index contributed by atoms with van der Waals surface area (Å²) in [4.78, 5) is 1.48. The van der Waals surface area contributed by atoms with Gasteiger partial charge in [0.25, 0.3) is 0 Å². The van der Waals surface area contributed by atoms with Gasteiger partial charge in [-0.25, -0.2) is 0 Å². The van der Waals surface area contributed by atoms with Crippen molar-refractivity contribution in [3.05, 3.63) is 0 Å². The third kappa shape index (κ3) is 4.09. The Morgan fingerprint density at radius 3 is 2.40 bits per heavy atom. The summed E-state index contributed by atoms with van der Waals surface area (Å²) in [7, 11) is 0. The molecule has 0 aromatic heterocycles. The lowest BCUT2D eigenvalue weighted by atomic mass is 9.93. The average molecular weight is 294 g/mol. The van der Waals surface area contributed by atoms with Crippen molar-refractivity contribution in [3.8, 4) is 0 Å². The van der Waals surface area contributed by atoms with Crippen LogP contribution in [0.4, 0.5) is 13.2 Å². The van der Waals surface area contributed by atoms with E-state index in [9.17, 15) is 13.2 Å². The lowest BCUT2D eigenvalue weighted by Crippen LogP contribution is -2.49. The molecule has 2 heterocycles. The van der Waals surface area contributed by atoms with Gasteiger partial charge in [0.2, 0.25) is 0 Å². The van der Waals surface area contributed by atoms with E-state index in [1.807, 2.05) is 13.8 Å². The van der Waals surface area contributed by atoms with E-state index < -0.39 is 12.7 Å². The van der Waals surface area contributed by atoms with Gasteiger partial charge >= 0.3 is 6.18 Å². The summed E-state index contributed by atoms with van der Waals surface area (Å²) in [5.74, 6) is 0. The van der Waals surface area contributed by atoms with Crippen molar-refractivity contribution >= 4 is 0 Å². The summed E-state index contributed by atoms with van der Waals surface area (Å²) in [6, 6.07) is 0.312. The Morgan fingerprint density at radius 1 is 1.25 bits per heavy atom. The first-order valence-corrected chi connectivity index (χ1v) is 7.22. The van der Waals surface area contributed by atoms with Crippen molar-refractivity contribution in [2.45, 2.75) is 70.0 Å². The van der Waals surface area contributed by atoms with Gasteiger partial charge < -0.3 is 10.1 Å². The van der Waals surface area contributed by atoms with Crippen molar-refractivity contribution in [1.29, 1.82) is 0 Å². The highest BCUT2D eigenvalue weighted by atomic mass is 19.4. The van der Waals surface area contributed by atoms with Crippen LogP contribution in [0.2, 0.25) is 0 Å². The van der Waals surface area contributed by atoms with E-state index in [0.29, 0.717) is 13.1 Å². The van der Waals surface area contributed by atoms with E-state index in [0.717, 1.165) is 12.8 Å². The van der Waals surface area contributed by atoms with Crippen LogP contribution in [0.25, 0.3) is 0 Å². The van der Waals surface area contributed by atoms with Crippen LogP contribution in [0.15, 0.2) is 0 Å². The second-order valence-electron chi connectivity index (χ2n) is 7.22. The molecule has 2 atom stereocenters. The number of hydrogen-bond donors (Lipinski definition) is 1. The van der Waals surface area contributed by atoms with Crippen molar-refractivity contribution in [1.82, 2.24) is 10.2 Å². The Kier molecular flexibility index (Phi) is 4.13. The predicted octanol–water partition coefficient (Wildman–Crippen LogP) is 2.56. The summed E-state index contributed by atoms with van der Waals surface area (Å²) in [6.45, 7) is 8.37. The van der Waals surface area contributed by atoms with Gasteiger partial charge in [0, 0.05) is 25.2 Å². The first-order chi connectivity index (χ1) is 8.97. The molecule has 0 bridgehead atoms. The molecule has 2 fully saturated rings. The molecule has 0 aromatic carbocycles. The maximum Gasteiger partial charge on any atom is 0.401 e. The molecule has 2 rings (SSSR count). The van der Waals surface area contributed by atoms with E-state index in [-0.39, 0.29) is 23.3 Å². The topological polar surface area (TPSA) is 24.5 Å². The lowest BCUT2D eigenvalue weighted by Gasteiger charge is -2.30. The average Bonchev–Trinajstić information content (AvgIpc) is 2.66. The standard InChI is InChI=1S/C14H25F3N2O/c1-12(2)7-11(13(3,4)20-12)18-10-5-6-19(8-10)9-14(15,16)17/h10-11,18H,5-9H2,1-4H3/t10-,11+/m1/s1. The van der Waals surface area contributed by atoms with Crippen molar-refractivity contribution in [3.63, 3.8) is 0 Å². The van der Waals surface area contributed by atoms with Gasteiger partial charge in [0.05, 0.1) is 17.7 Å². The Bertz CT molecular complexity index is 355. The monoisotopic (exact) mass is 294 g/mol. The second kappa shape index (κ2) is 5.14. The molecule has 20 heavy (non-hydrogen) atoms. The molecule has 6 heteroatoms. The molecule has 0 aromatic rings. The van der Waals surface area contributed by atoms with Gasteiger partial charge in [-0.3, -0.25) is 4.90 Å². The summed E-state index contributed by atoms with van der Waals surface area (Å²) < 4.78 is 43.2. The second-order valence-corrected chi connectivity index (χ2v) is 7.22. The van der Waals surface area contributed by atoms with E-state index in [1.165, 1.54) is 4.90 Å². The first kappa shape index (κ1) is 16.0. The molecule has 1 N–H and O–H groups in total. The van der Waals surface area contributed by atoms with Crippen LogP contribution >= 0.6 is 0 Å². The fraction of sp³-hybridized carbons (Fsp3) is 1.00. The maximum absolute atomic E-state index is 12.4. The Morgan fingerprint density at radius 2 is 1.90 bits per heavy atom. The minimum atomic E-state index is -4.10. The first-order valence-electron chi connectivity index (χ1n) is 7.22. The molecule has 2 aliphatic heterocycles. The zero-order chi connectivity index (χ0) is 15.2. The zero-order valence-electron chi connectivity index (χ0n) is 12.7. The highest BCUT2D eigenvalue weighted by Gasteiger charge is 2.47. The molecule has 0 saturated carbocycles. The minimum Gasteiger partial charge on any atom is -0.368 e. The van der Waals surface area contributed by atoms with Crippen molar-refractivity contribution in [2.24, 2.45) is 0 Å². The molecule has 0 unspecified atom stereocenters. The summed E-state index contributed by atoms with van der Waals surface area (Å²) in [5, 5.41) is 3.51. The zero-order valence-corrected chi connectivity index (χ0v) is 12.7. The van der Waals surface area contributed by atoms with Crippen LogP contribution in [0, 0.1) is 0 Å². The molecular formula is C14H25F3N2O. The normalized spacial score (nSPS) is 33.8. The van der Waals surface area contributed by atoms with E-state index in [1.54, 1.807) is 0 Å². The fourth-order valence-corrected chi connectivity index (χ4v) is 3.47. The van der Waals surface area contributed by atoms with Crippen LogP contribution in [0.1, 0.15) is 40.5 Å². The molecule has 2 saturated heterocycles. The molecule has 2 aliphatic rings. The largest absolute Gasteiger partial charge is 0.401 e. The number of alkyl halides is 3. The van der Waals surface area contributed by atoms with Crippen LogP contribution in [0.5, 0.6) is 0 Å². The third-order valence-corrected chi connectivity index (χ3v) is 4.19. The van der Waals surface area contributed by atoms with Crippen LogP contribution in [0.3, 0.4) is 0 Å². The van der Waals surface area contributed by atoms with Gasteiger partial charge in [-0.2, -0.15) is 13.2 Å². The van der Waals surface area contributed by atoms with Gasteiger partial charge in [0.15, 0.2) is 0 Å². The fourth-order valence-electron chi connectivity index (χ4n) is 3.47. The number of hydrogen-bond acceptors (Lipinski definition) is 3. The highest BCUT2D eigenvalue weighted by Crippen LogP contribution is 2.37. The van der Waals surface area contributed by atoms with E-state index >= 15 is 0 Å². The molecule has 0 spiro atoms. The Balaban J connectivity index is 1.86. The minimum absolute atomic E-state index is 0.124. The van der Waals surface area contributed by atoms with Crippen molar-refractivity contribution < 1.29 is 17.9 Å². The summed E-state index contributed by atoms with van der Waals surface area (Å²) >= 11 is 0. The highest BCUT2D eigenvalue weighted by molar-refractivity contribution is 5.01. The van der Waals surface area contributed by atoms with Gasteiger partial charge in [-0.05, 0) is 40.5 Å². The number of ether oxygens (including phenoxy) is 1. The molecule has 3 nitrogen and oxygen atoms in total. The lowest BCUT2D eigenvalue weighted by molar-refractivity contribution is -0.143. The number of rotatable bonds is 3. The number of nitrogens with zero attached hydrogens (tertiary/aromatic N) is 1. The van der Waals surface area contributed by atoms with Gasteiger partial charge in [-0.15, -0.1) is 0 Å². The SMILES string of the molecule is CC1(C)C[C@H](N[C@@H]2CCN(CC(F)(F)F)C2)C(C)(C)O1. The van der Waals surface area contributed by atoms with Crippen LogP contribution < -0.4 is 5.32 Å². The maximum atomic E-state index is 12.4. The van der Waals surface area contributed by atoms with Crippen LogP contribution in [-0.2, 0) is 4.74 Å². The van der Waals surface area contributed by atoms with Crippen LogP contribution in [-0.4, -0.2) is 54.0 Å². The van der Waals surface area contributed by atoms with E-state index in [4.69, 9.17) is 4.74 Å². The predicted molar refractivity (Wildman–Crippen MR) is 71.7 cm³/mol. The van der Waals surface area contributed by atoms with Gasteiger partial charge in [-0.1, -0.05) is 0 Å². The summed E-state index contributed by atoms with van der Waals surface area (Å²) in [5.41, 5.74) is -0.452. The third-order valence-electron chi connectivity index (χ3n) is 4.19. The molecular weight excluding hydrogens is 269 g/mol. The molecule has 0 amide bonds. The van der Waals surface area contributed by atoms with Gasteiger partial charge in [0.1, 0.15) is 0 Å². The molecule has 118 valence electrons. The quantitative estimate of drug-likeness (QED) is 0.866. The Hall–Kier alpha value is -0.330. The number of likely N-dealkylation sites (tertiary alicyclic amines) is 1. The summed E-state index contributed by atoms with van der Waals surface area (Å²) in [6.07, 6.45) is -2.45. The van der Waals surface area contributed by atoms with Crippen molar-refractivity contribution in [2.75, 3.05) is 19.6 Å². The Labute approximate surface area is 118 Å². The smallest absolute Gasteiger partial charge is 0.368 e. The number of nitrogens with one attached hydrogen (secondary N) is 1. The van der Waals surface area contributed by atoms with E-state index in [2.05, 4.69) is 19.2 Å².